The van der Waals surface area contributed by atoms with Crippen molar-refractivity contribution in [3.05, 3.63) is 0 Å². The third-order valence-corrected chi connectivity index (χ3v) is 4.77. The van der Waals surface area contributed by atoms with E-state index in [2.05, 4.69) is 11.8 Å². The smallest absolute Gasteiger partial charge is 0.407 e. The van der Waals surface area contributed by atoms with E-state index in [1.165, 1.54) is 4.90 Å². The molecule has 0 aromatic heterocycles. The van der Waals surface area contributed by atoms with Gasteiger partial charge in [-0.1, -0.05) is 6.92 Å². The van der Waals surface area contributed by atoms with Crippen molar-refractivity contribution in [2.45, 2.75) is 57.6 Å². The van der Waals surface area contributed by atoms with Crippen molar-refractivity contribution >= 4 is 6.09 Å². The van der Waals surface area contributed by atoms with Gasteiger partial charge in [0, 0.05) is 33.4 Å². The van der Waals surface area contributed by atoms with Crippen LogP contribution in [0.3, 0.4) is 0 Å². The van der Waals surface area contributed by atoms with Crippen LogP contribution in [0.5, 0.6) is 0 Å². The number of hydrogen-bond donors (Lipinski definition) is 1. The maximum Gasteiger partial charge on any atom is 0.407 e. The summed E-state index contributed by atoms with van der Waals surface area (Å²) in [4.78, 5) is 14.8. The van der Waals surface area contributed by atoms with E-state index in [4.69, 9.17) is 14.6 Å². The molecular formula is C17H34N2O4. The first-order chi connectivity index (χ1) is 11.1. The van der Waals surface area contributed by atoms with Crippen LogP contribution in [0.2, 0.25) is 0 Å². The van der Waals surface area contributed by atoms with E-state index in [9.17, 15) is 4.79 Å². The lowest BCUT2D eigenvalue weighted by Crippen LogP contribution is -2.40. The Morgan fingerprint density at radius 2 is 1.83 bits per heavy atom. The standard InChI is InChI=1S/C17H34N2O4/c1-4-19(12-14-22-3)11-5-6-13-23-16-9-7-15(8-10-16)18(2)17(20)21/h15-16H,4-14H2,1-3H3,(H,20,21). The number of ether oxygens (including phenoxy) is 2. The zero-order chi connectivity index (χ0) is 17.1. The van der Waals surface area contributed by atoms with Crippen molar-refractivity contribution < 1.29 is 19.4 Å². The molecule has 0 bridgehead atoms. The van der Waals surface area contributed by atoms with Crippen LogP contribution >= 0.6 is 0 Å². The van der Waals surface area contributed by atoms with Crippen LogP contribution in [-0.2, 0) is 9.47 Å². The number of methoxy groups -OCH3 is 1. The van der Waals surface area contributed by atoms with Crippen molar-refractivity contribution in [2.24, 2.45) is 0 Å². The van der Waals surface area contributed by atoms with Crippen LogP contribution in [0.15, 0.2) is 0 Å². The Morgan fingerprint density at radius 3 is 2.39 bits per heavy atom. The van der Waals surface area contributed by atoms with Crippen LogP contribution in [0.4, 0.5) is 4.79 Å². The fourth-order valence-corrected chi connectivity index (χ4v) is 3.09. The largest absolute Gasteiger partial charge is 0.465 e. The second-order valence-electron chi connectivity index (χ2n) is 6.33. The first-order valence-electron chi connectivity index (χ1n) is 8.87. The van der Waals surface area contributed by atoms with Crippen LogP contribution in [0.1, 0.15) is 45.4 Å². The number of nitrogens with zero attached hydrogens (tertiary/aromatic N) is 2. The Hall–Kier alpha value is -0.850. The molecule has 1 rings (SSSR count). The van der Waals surface area contributed by atoms with Gasteiger partial charge in [-0.2, -0.15) is 0 Å². The van der Waals surface area contributed by atoms with Crippen LogP contribution in [-0.4, -0.2) is 80.2 Å². The van der Waals surface area contributed by atoms with Gasteiger partial charge in [0.15, 0.2) is 0 Å². The molecule has 0 atom stereocenters. The van der Waals surface area contributed by atoms with E-state index >= 15 is 0 Å². The topological polar surface area (TPSA) is 62.2 Å². The molecule has 6 nitrogen and oxygen atoms in total. The third kappa shape index (κ3) is 7.99. The summed E-state index contributed by atoms with van der Waals surface area (Å²) in [7, 11) is 3.40. The van der Waals surface area contributed by atoms with E-state index in [1.54, 1.807) is 14.2 Å². The second-order valence-corrected chi connectivity index (χ2v) is 6.33. The summed E-state index contributed by atoms with van der Waals surface area (Å²) in [6.07, 6.45) is 5.47. The number of likely N-dealkylation sites (N-methyl/N-ethyl adjacent to an activating group) is 1. The molecule has 0 saturated heterocycles. The van der Waals surface area contributed by atoms with Gasteiger partial charge in [-0.05, 0) is 51.6 Å². The highest BCUT2D eigenvalue weighted by Gasteiger charge is 2.26. The molecule has 0 aliphatic heterocycles. The Morgan fingerprint density at radius 1 is 1.13 bits per heavy atom. The first-order valence-corrected chi connectivity index (χ1v) is 8.87. The predicted octanol–water partition coefficient (Wildman–Crippen LogP) is 2.67. The van der Waals surface area contributed by atoms with Crippen molar-refractivity contribution in [3.8, 4) is 0 Å². The van der Waals surface area contributed by atoms with Gasteiger partial charge in [-0.25, -0.2) is 4.79 Å². The average Bonchev–Trinajstić information content (AvgIpc) is 2.57. The van der Waals surface area contributed by atoms with E-state index in [-0.39, 0.29) is 6.04 Å². The lowest BCUT2D eigenvalue weighted by atomic mass is 9.92. The molecule has 6 heteroatoms. The molecule has 0 spiro atoms. The molecule has 1 aliphatic carbocycles. The summed E-state index contributed by atoms with van der Waals surface area (Å²) in [5.74, 6) is 0. The van der Waals surface area contributed by atoms with Gasteiger partial charge in [0.1, 0.15) is 0 Å². The summed E-state index contributed by atoms with van der Waals surface area (Å²) in [5.41, 5.74) is 0. The quantitative estimate of drug-likeness (QED) is 0.590. The number of carboxylic acid groups (broad SMARTS) is 1. The fourth-order valence-electron chi connectivity index (χ4n) is 3.09. The number of rotatable bonds is 11. The van der Waals surface area contributed by atoms with Crippen molar-refractivity contribution in [2.75, 3.05) is 47.0 Å². The zero-order valence-electron chi connectivity index (χ0n) is 15.0. The summed E-state index contributed by atoms with van der Waals surface area (Å²) < 4.78 is 11.1. The fraction of sp³-hybridized carbons (Fsp3) is 0.941. The van der Waals surface area contributed by atoms with E-state index in [1.807, 2.05) is 0 Å². The summed E-state index contributed by atoms with van der Waals surface area (Å²) >= 11 is 0. The number of hydrogen-bond acceptors (Lipinski definition) is 4. The normalized spacial score (nSPS) is 21.6. The van der Waals surface area contributed by atoms with Crippen LogP contribution in [0, 0.1) is 0 Å². The molecule has 136 valence electrons. The molecule has 0 heterocycles. The molecule has 1 fully saturated rings. The Kier molecular flexibility index (Phi) is 10.2. The van der Waals surface area contributed by atoms with E-state index in [0.717, 1.165) is 71.4 Å². The Labute approximate surface area is 140 Å². The highest BCUT2D eigenvalue weighted by molar-refractivity contribution is 5.64. The van der Waals surface area contributed by atoms with Crippen LogP contribution in [0.25, 0.3) is 0 Å². The van der Waals surface area contributed by atoms with E-state index in [0.29, 0.717) is 6.10 Å². The SMILES string of the molecule is CCN(CCCCOC1CCC(N(C)C(=O)O)CC1)CCOC. The lowest BCUT2D eigenvalue weighted by Gasteiger charge is -2.33. The first kappa shape index (κ1) is 20.2. The molecule has 0 radical (unpaired) electrons. The number of amides is 1. The van der Waals surface area contributed by atoms with Crippen molar-refractivity contribution in [3.63, 3.8) is 0 Å². The maximum absolute atomic E-state index is 11.0. The van der Waals surface area contributed by atoms with Crippen molar-refractivity contribution in [1.82, 2.24) is 9.80 Å². The van der Waals surface area contributed by atoms with Gasteiger partial charge in [-0.15, -0.1) is 0 Å². The monoisotopic (exact) mass is 330 g/mol. The number of carbonyl (C=O) groups is 1. The Balaban J connectivity index is 2.06. The molecule has 23 heavy (non-hydrogen) atoms. The molecule has 0 unspecified atom stereocenters. The van der Waals surface area contributed by atoms with Gasteiger partial charge in [0.2, 0.25) is 0 Å². The van der Waals surface area contributed by atoms with Crippen molar-refractivity contribution in [1.29, 1.82) is 0 Å². The molecular weight excluding hydrogens is 296 g/mol. The van der Waals surface area contributed by atoms with Crippen LogP contribution < -0.4 is 0 Å². The minimum Gasteiger partial charge on any atom is -0.465 e. The minimum atomic E-state index is -0.830. The summed E-state index contributed by atoms with van der Waals surface area (Å²) in [5, 5.41) is 9.00. The molecule has 1 saturated carbocycles. The zero-order valence-corrected chi connectivity index (χ0v) is 15.0. The van der Waals surface area contributed by atoms with Gasteiger partial charge in [0.25, 0.3) is 0 Å². The minimum absolute atomic E-state index is 0.159. The van der Waals surface area contributed by atoms with E-state index < -0.39 is 6.09 Å². The third-order valence-electron chi connectivity index (χ3n) is 4.77. The lowest BCUT2D eigenvalue weighted by molar-refractivity contribution is 0.00933. The summed E-state index contributed by atoms with van der Waals surface area (Å²) in [6.45, 7) is 6.93. The maximum atomic E-state index is 11.0. The number of unbranched alkanes of at least 4 members (excludes halogenated alkanes) is 1. The van der Waals surface area contributed by atoms with Gasteiger partial charge in [-0.3, -0.25) is 0 Å². The van der Waals surface area contributed by atoms with Gasteiger partial charge in [0.05, 0.1) is 12.7 Å². The second kappa shape index (κ2) is 11.6. The molecule has 0 aromatic carbocycles. The molecule has 1 N–H and O–H groups in total. The molecule has 1 aliphatic rings. The molecule has 1 amide bonds. The molecule has 0 aromatic rings. The van der Waals surface area contributed by atoms with Gasteiger partial charge >= 0.3 is 6.09 Å². The Bertz CT molecular complexity index is 320. The highest BCUT2D eigenvalue weighted by atomic mass is 16.5. The average molecular weight is 330 g/mol. The predicted molar refractivity (Wildman–Crippen MR) is 91.0 cm³/mol. The summed E-state index contributed by atoms with van der Waals surface area (Å²) in [6, 6.07) is 0.159. The highest BCUT2D eigenvalue weighted by Crippen LogP contribution is 2.24. The van der Waals surface area contributed by atoms with Gasteiger partial charge < -0.3 is 24.4 Å².